The topological polar surface area (TPSA) is 116 Å². The molecule has 1 atom stereocenters. The summed E-state index contributed by atoms with van der Waals surface area (Å²) in [5.41, 5.74) is 1.40. The molecule has 0 radical (unpaired) electrons. The quantitative estimate of drug-likeness (QED) is 0.462. The molecule has 1 aliphatic heterocycles. The number of halogens is 1. The Morgan fingerprint density at radius 2 is 1.58 bits per heavy atom. The Bertz CT molecular complexity index is 1090. The van der Waals surface area contributed by atoms with Gasteiger partial charge in [-0.1, -0.05) is 34.1 Å². The van der Waals surface area contributed by atoms with E-state index >= 15 is 0 Å². The van der Waals surface area contributed by atoms with Gasteiger partial charge in [0.05, 0.1) is 13.0 Å². The summed E-state index contributed by atoms with van der Waals surface area (Å²) < 4.78 is 6.68. The van der Waals surface area contributed by atoms with E-state index < -0.39 is 17.9 Å². The first-order chi connectivity index (χ1) is 17.2. The van der Waals surface area contributed by atoms with Gasteiger partial charge in [0.15, 0.2) is 0 Å². The van der Waals surface area contributed by atoms with E-state index in [0.29, 0.717) is 37.5 Å². The second-order valence-corrected chi connectivity index (χ2v) is 9.39. The van der Waals surface area contributed by atoms with Gasteiger partial charge in [-0.25, -0.2) is 4.79 Å². The summed E-state index contributed by atoms with van der Waals surface area (Å²) in [6.45, 7) is 3.82. The summed E-state index contributed by atoms with van der Waals surface area (Å²) in [5.74, 6) is -1.22. The number of carboxylic acids is 1. The van der Waals surface area contributed by atoms with Crippen LogP contribution in [0.2, 0.25) is 0 Å². The molecule has 192 valence electrons. The summed E-state index contributed by atoms with van der Waals surface area (Å²) in [7, 11) is 0. The third kappa shape index (κ3) is 7.81. The van der Waals surface area contributed by atoms with Crippen molar-refractivity contribution < 1.29 is 29.0 Å². The van der Waals surface area contributed by atoms with Crippen LogP contribution in [0, 0.1) is 6.92 Å². The number of carbonyl (C=O) groups excluding carboxylic acids is 3. The third-order valence-electron chi connectivity index (χ3n) is 5.99. The van der Waals surface area contributed by atoms with Gasteiger partial charge >= 0.3 is 5.97 Å². The van der Waals surface area contributed by atoms with Gasteiger partial charge in [-0.3, -0.25) is 14.4 Å². The molecule has 3 amide bonds. The number of carboxylic acid groups (broad SMARTS) is 1. The normalized spacial score (nSPS) is 14.2. The van der Waals surface area contributed by atoms with Crippen LogP contribution in [0.25, 0.3) is 0 Å². The molecular formula is C26H30BrN3O6. The highest BCUT2D eigenvalue weighted by molar-refractivity contribution is 9.10. The van der Waals surface area contributed by atoms with Crippen molar-refractivity contribution in [2.75, 3.05) is 32.8 Å². The van der Waals surface area contributed by atoms with E-state index in [1.165, 1.54) is 0 Å². The zero-order valence-corrected chi connectivity index (χ0v) is 21.7. The van der Waals surface area contributed by atoms with E-state index in [1.807, 2.05) is 25.1 Å². The average molecular weight is 560 g/mol. The minimum Gasteiger partial charge on any atom is -0.493 e. The first kappa shape index (κ1) is 27.2. The summed E-state index contributed by atoms with van der Waals surface area (Å²) >= 11 is 3.44. The Morgan fingerprint density at radius 1 is 0.972 bits per heavy atom. The number of piperazine rings is 1. The predicted molar refractivity (Wildman–Crippen MR) is 137 cm³/mol. The molecule has 1 fully saturated rings. The highest BCUT2D eigenvalue weighted by Crippen LogP contribution is 2.21. The molecule has 0 bridgehead atoms. The maximum atomic E-state index is 12.6. The Morgan fingerprint density at radius 3 is 2.17 bits per heavy atom. The highest BCUT2D eigenvalue weighted by atomic mass is 79.9. The first-order valence-electron chi connectivity index (χ1n) is 11.8. The van der Waals surface area contributed by atoms with Crippen LogP contribution in [0.15, 0.2) is 53.0 Å². The lowest BCUT2D eigenvalue weighted by atomic mass is 10.1. The molecule has 9 nitrogen and oxygen atoms in total. The number of aliphatic carboxylic acids is 1. The van der Waals surface area contributed by atoms with E-state index in [0.717, 1.165) is 10.0 Å². The molecule has 0 aliphatic carbocycles. The van der Waals surface area contributed by atoms with Crippen LogP contribution in [0.1, 0.15) is 35.2 Å². The molecule has 10 heteroatoms. The first-order valence-corrected chi connectivity index (χ1v) is 12.6. The minimum atomic E-state index is -1.19. The lowest BCUT2D eigenvalue weighted by molar-refractivity contribution is -0.141. The zero-order chi connectivity index (χ0) is 26.1. The molecule has 3 rings (SSSR count). The molecule has 0 unspecified atom stereocenters. The van der Waals surface area contributed by atoms with Crippen LogP contribution in [-0.2, 0) is 14.4 Å². The molecule has 2 N–H and O–H groups in total. The average Bonchev–Trinajstić information content (AvgIpc) is 2.88. The molecule has 0 saturated carbocycles. The molecule has 36 heavy (non-hydrogen) atoms. The van der Waals surface area contributed by atoms with Gasteiger partial charge in [-0.15, -0.1) is 0 Å². The fourth-order valence-corrected chi connectivity index (χ4v) is 4.09. The number of aryl methyl sites for hydroxylation is 1. The van der Waals surface area contributed by atoms with E-state index in [4.69, 9.17) is 4.74 Å². The van der Waals surface area contributed by atoms with E-state index in [9.17, 15) is 24.3 Å². The number of rotatable bonds is 10. The second-order valence-electron chi connectivity index (χ2n) is 8.54. The molecule has 1 aliphatic rings. The molecule has 0 aromatic heterocycles. The Kier molecular flexibility index (Phi) is 9.86. The van der Waals surface area contributed by atoms with Crippen molar-refractivity contribution in [1.82, 2.24) is 15.1 Å². The Hall–Kier alpha value is -3.40. The number of ether oxygens (including phenoxy) is 1. The van der Waals surface area contributed by atoms with Gasteiger partial charge in [0.1, 0.15) is 11.8 Å². The number of carbonyl (C=O) groups is 4. The van der Waals surface area contributed by atoms with Gasteiger partial charge in [-0.2, -0.15) is 0 Å². The Balaban J connectivity index is 1.39. The van der Waals surface area contributed by atoms with Crippen molar-refractivity contribution in [2.45, 2.75) is 32.2 Å². The number of nitrogens with one attached hydrogen (secondary N) is 1. The largest absolute Gasteiger partial charge is 0.493 e. The van der Waals surface area contributed by atoms with E-state index in [2.05, 4.69) is 21.2 Å². The van der Waals surface area contributed by atoms with Gasteiger partial charge in [0.2, 0.25) is 11.8 Å². The van der Waals surface area contributed by atoms with Gasteiger partial charge < -0.3 is 25.0 Å². The van der Waals surface area contributed by atoms with Gasteiger partial charge in [0.25, 0.3) is 5.91 Å². The lowest BCUT2D eigenvalue weighted by Gasteiger charge is -2.35. The van der Waals surface area contributed by atoms with E-state index in [-0.39, 0.29) is 37.7 Å². The number of amides is 3. The lowest BCUT2D eigenvalue weighted by Crippen LogP contribution is -2.51. The third-order valence-corrected chi connectivity index (χ3v) is 6.88. The van der Waals surface area contributed by atoms with Crippen LogP contribution < -0.4 is 10.1 Å². The molecule has 2 aromatic carbocycles. The van der Waals surface area contributed by atoms with Crippen LogP contribution in [-0.4, -0.2) is 77.4 Å². The summed E-state index contributed by atoms with van der Waals surface area (Å²) in [6.07, 6.45) is 0.212. The maximum Gasteiger partial charge on any atom is 0.326 e. The number of nitrogens with zero attached hydrogens (tertiary/aromatic N) is 2. The molecule has 0 spiro atoms. The fraction of sp³-hybridized carbons (Fsp3) is 0.385. The highest BCUT2D eigenvalue weighted by Gasteiger charge is 2.26. The summed E-state index contributed by atoms with van der Waals surface area (Å²) in [6, 6.07) is 12.8. The smallest absolute Gasteiger partial charge is 0.326 e. The van der Waals surface area contributed by atoms with E-state index in [1.54, 1.807) is 40.1 Å². The van der Waals surface area contributed by atoms with Gasteiger partial charge in [-0.05, 0) is 49.2 Å². The monoisotopic (exact) mass is 559 g/mol. The molecular weight excluding hydrogens is 530 g/mol. The van der Waals surface area contributed by atoms with Crippen molar-refractivity contribution in [2.24, 2.45) is 0 Å². The van der Waals surface area contributed by atoms with Crippen LogP contribution in [0.3, 0.4) is 0 Å². The maximum absolute atomic E-state index is 12.6. The zero-order valence-electron chi connectivity index (χ0n) is 20.1. The van der Waals surface area contributed by atoms with Crippen LogP contribution >= 0.6 is 15.9 Å². The predicted octanol–water partition coefficient (Wildman–Crippen LogP) is 2.86. The van der Waals surface area contributed by atoms with Crippen molar-refractivity contribution in [3.05, 3.63) is 64.1 Å². The van der Waals surface area contributed by atoms with Crippen molar-refractivity contribution in [3.8, 4) is 5.75 Å². The van der Waals surface area contributed by atoms with Crippen molar-refractivity contribution in [1.29, 1.82) is 0 Å². The Labute approximate surface area is 218 Å². The van der Waals surface area contributed by atoms with Crippen molar-refractivity contribution >= 4 is 39.6 Å². The van der Waals surface area contributed by atoms with Crippen molar-refractivity contribution in [3.63, 3.8) is 0 Å². The second kappa shape index (κ2) is 13.1. The summed E-state index contributed by atoms with van der Waals surface area (Å²) in [5, 5.41) is 11.9. The molecule has 2 aromatic rings. The minimum absolute atomic E-state index is 0.0135. The van der Waals surface area contributed by atoms with Crippen LogP contribution in [0.4, 0.5) is 0 Å². The SMILES string of the molecule is Cc1cc(OCCC(=O)N2CCN(C(=O)CC[C@H](NC(=O)c3ccccc3)C(=O)O)CC2)ccc1Br. The molecule has 1 saturated heterocycles. The number of benzene rings is 2. The number of hydrogen-bond acceptors (Lipinski definition) is 5. The fourth-order valence-electron chi connectivity index (χ4n) is 3.84. The molecule has 1 heterocycles. The number of hydrogen-bond donors (Lipinski definition) is 2. The standard InChI is InChI=1S/C26H30BrN3O6/c1-18-17-20(7-8-21(18)27)36-16-11-24(32)30-14-12-29(13-15-30)23(31)10-9-22(26(34)35)28-25(33)19-5-3-2-4-6-19/h2-8,17,22H,9-16H2,1H3,(H,28,33)(H,34,35)/t22-/m0/s1. The van der Waals surface area contributed by atoms with Gasteiger partial charge in [0, 0.05) is 42.6 Å². The van der Waals surface area contributed by atoms with Crippen LogP contribution in [0.5, 0.6) is 5.75 Å². The summed E-state index contributed by atoms with van der Waals surface area (Å²) in [4.78, 5) is 52.3.